The van der Waals surface area contributed by atoms with Gasteiger partial charge in [0.1, 0.15) is 9.53 Å². The predicted octanol–water partition coefficient (Wildman–Crippen LogP) is 6.00. The topological polar surface area (TPSA) is 47.8 Å². The lowest BCUT2D eigenvalue weighted by molar-refractivity contribution is 0.660. The van der Waals surface area contributed by atoms with Gasteiger partial charge in [0.25, 0.3) is 5.56 Å². The van der Waals surface area contributed by atoms with Crippen LogP contribution in [-0.2, 0) is 12.3 Å². The predicted molar refractivity (Wildman–Crippen MR) is 126 cm³/mol. The average molecular weight is 450 g/mol. The van der Waals surface area contributed by atoms with E-state index in [0.717, 1.165) is 27.0 Å². The number of fused-ring (bicyclic) bond motifs is 3. The number of halogens is 1. The minimum Gasteiger partial charge on any atom is -0.282 e. The third-order valence-corrected chi connectivity index (χ3v) is 7.32. The number of pyridine rings is 1. The second-order valence-corrected chi connectivity index (χ2v) is 9.14. The molecule has 0 atom stereocenters. The first-order valence-electron chi connectivity index (χ1n) is 9.39. The summed E-state index contributed by atoms with van der Waals surface area (Å²) in [5, 5.41) is 2.24. The van der Waals surface area contributed by atoms with Gasteiger partial charge in [-0.3, -0.25) is 9.36 Å². The Morgan fingerprint density at radius 1 is 1.00 bits per heavy atom. The van der Waals surface area contributed by atoms with Crippen molar-refractivity contribution >= 4 is 55.1 Å². The number of hydrogen-bond donors (Lipinski definition) is 0. The number of hydrogen-bond acceptors (Lipinski definition) is 5. The third kappa shape index (κ3) is 3.62. The molecule has 5 aromatic rings. The SMILES string of the molecule is O=c1c2sc3ncccc3c2nc(SCc2ccccc2)n1Cc1ccccc1Cl. The number of rotatable bonds is 5. The van der Waals surface area contributed by atoms with E-state index in [-0.39, 0.29) is 5.56 Å². The molecule has 0 amide bonds. The van der Waals surface area contributed by atoms with E-state index in [1.54, 1.807) is 22.5 Å². The highest BCUT2D eigenvalue weighted by atomic mass is 35.5. The molecule has 4 nitrogen and oxygen atoms in total. The summed E-state index contributed by atoms with van der Waals surface area (Å²) >= 11 is 9.33. The fourth-order valence-corrected chi connectivity index (χ4v) is 5.48. The summed E-state index contributed by atoms with van der Waals surface area (Å²) < 4.78 is 2.35. The zero-order valence-corrected chi connectivity index (χ0v) is 18.2. The van der Waals surface area contributed by atoms with E-state index < -0.39 is 0 Å². The van der Waals surface area contributed by atoms with Gasteiger partial charge >= 0.3 is 0 Å². The molecule has 0 spiro atoms. The van der Waals surface area contributed by atoms with E-state index in [9.17, 15) is 4.79 Å². The van der Waals surface area contributed by atoms with Crippen LogP contribution >= 0.6 is 34.7 Å². The summed E-state index contributed by atoms with van der Waals surface area (Å²) in [5.41, 5.74) is 2.73. The second-order valence-electron chi connectivity index (χ2n) is 6.79. The molecule has 2 aromatic carbocycles. The van der Waals surface area contributed by atoms with Crippen molar-refractivity contribution in [2.75, 3.05) is 0 Å². The van der Waals surface area contributed by atoms with E-state index in [4.69, 9.17) is 16.6 Å². The summed E-state index contributed by atoms with van der Waals surface area (Å²) in [6, 6.07) is 21.6. The van der Waals surface area contributed by atoms with Gasteiger partial charge in [-0.25, -0.2) is 9.97 Å². The highest BCUT2D eigenvalue weighted by molar-refractivity contribution is 7.98. The van der Waals surface area contributed by atoms with E-state index in [1.807, 2.05) is 54.6 Å². The molecule has 0 saturated carbocycles. The molecule has 0 N–H and O–H groups in total. The first kappa shape index (κ1) is 19.3. The summed E-state index contributed by atoms with van der Waals surface area (Å²) in [7, 11) is 0. The molecule has 3 aromatic heterocycles. The molecule has 3 heterocycles. The van der Waals surface area contributed by atoms with E-state index in [1.165, 1.54) is 16.9 Å². The number of aromatic nitrogens is 3. The lowest BCUT2D eigenvalue weighted by Gasteiger charge is -2.13. The van der Waals surface area contributed by atoms with E-state index in [2.05, 4.69) is 17.1 Å². The largest absolute Gasteiger partial charge is 0.282 e. The Morgan fingerprint density at radius 3 is 2.63 bits per heavy atom. The fourth-order valence-electron chi connectivity index (χ4n) is 3.31. The van der Waals surface area contributed by atoms with Crippen LogP contribution in [0.25, 0.3) is 20.4 Å². The van der Waals surface area contributed by atoms with Crippen LogP contribution in [0.4, 0.5) is 0 Å². The summed E-state index contributed by atoms with van der Waals surface area (Å²) in [4.78, 5) is 23.7. The molecular formula is C23H16ClN3OS2. The van der Waals surface area contributed by atoms with Crippen molar-refractivity contribution in [1.82, 2.24) is 14.5 Å². The number of thiophene rings is 1. The maximum atomic E-state index is 13.5. The Balaban J connectivity index is 1.66. The third-order valence-electron chi connectivity index (χ3n) is 4.81. The lowest BCUT2D eigenvalue weighted by atomic mass is 10.2. The Labute approximate surface area is 186 Å². The molecule has 0 aliphatic carbocycles. The van der Waals surface area contributed by atoms with Crippen LogP contribution in [0, 0.1) is 0 Å². The molecule has 5 rings (SSSR count). The zero-order valence-electron chi connectivity index (χ0n) is 15.8. The molecule has 0 fully saturated rings. The minimum atomic E-state index is -0.0570. The average Bonchev–Trinajstić information content (AvgIpc) is 3.15. The van der Waals surface area contributed by atoms with Crippen LogP contribution in [0.2, 0.25) is 5.02 Å². The molecule has 0 saturated heterocycles. The highest BCUT2D eigenvalue weighted by Gasteiger charge is 2.18. The van der Waals surface area contributed by atoms with Gasteiger partial charge in [-0.15, -0.1) is 11.3 Å². The summed E-state index contributed by atoms with van der Waals surface area (Å²) in [5.74, 6) is 0.724. The zero-order chi connectivity index (χ0) is 20.5. The van der Waals surface area contributed by atoms with Gasteiger partial charge in [-0.2, -0.15) is 0 Å². The monoisotopic (exact) mass is 449 g/mol. The standard InChI is InChI=1S/C23H16ClN3OS2/c24-18-11-5-4-9-16(18)13-27-22(28)20-19(17-10-6-12-25-21(17)30-20)26-23(27)29-14-15-7-2-1-3-8-15/h1-12H,13-14H2. The number of nitrogens with zero attached hydrogens (tertiary/aromatic N) is 3. The van der Waals surface area contributed by atoms with Gasteiger partial charge in [0, 0.05) is 22.4 Å². The van der Waals surface area contributed by atoms with Crippen molar-refractivity contribution in [3.8, 4) is 0 Å². The maximum absolute atomic E-state index is 13.5. The molecule has 0 aliphatic rings. The smallest absolute Gasteiger partial charge is 0.272 e. The van der Waals surface area contributed by atoms with Crippen LogP contribution in [0.3, 0.4) is 0 Å². The first-order chi connectivity index (χ1) is 14.7. The maximum Gasteiger partial charge on any atom is 0.272 e. The number of thioether (sulfide) groups is 1. The van der Waals surface area contributed by atoms with Crippen molar-refractivity contribution in [3.63, 3.8) is 0 Å². The van der Waals surface area contributed by atoms with Crippen molar-refractivity contribution in [2.24, 2.45) is 0 Å². The minimum absolute atomic E-state index is 0.0570. The normalized spacial score (nSPS) is 11.4. The van der Waals surface area contributed by atoms with Crippen LogP contribution < -0.4 is 5.56 Å². The molecule has 0 bridgehead atoms. The second kappa shape index (κ2) is 8.22. The van der Waals surface area contributed by atoms with Gasteiger partial charge < -0.3 is 0 Å². The Kier molecular flexibility index (Phi) is 5.29. The van der Waals surface area contributed by atoms with Gasteiger partial charge in [-0.05, 0) is 29.3 Å². The lowest BCUT2D eigenvalue weighted by Crippen LogP contribution is -2.23. The molecule has 0 unspecified atom stereocenters. The van der Waals surface area contributed by atoms with Crippen molar-refractivity contribution in [3.05, 3.63) is 99.4 Å². The fraction of sp³-hybridized carbons (Fsp3) is 0.0870. The number of benzene rings is 2. The van der Waals surface area contributed by atoms with Crippen molar-refractivity contribution in [1.29, 1.82) is 0 Å². The summed E-state index contributed by atoms with van der Waals surface area (Å²) in [6.07, 6.45) is 1.74. The van der Waals surface area contributed by atoms with E-state index in [0.29, 0.717) is 21.4 Å². The molecule has 0 aliphatic heterocycles. The van der Waals surface area contributed by atoms with Crippen molar-refractivity contribution < 1.29 is 0 Å². The highest BCUT2D eigenvalue weighted by Crippen LogP contribution is 2.31. The molecule has 0 radical (unpaired) electrons. The quantitative estimate of drug-likeness (QED) is 0.244. The van der Waals surface area contributed by atoms with Crippen LogP contribution in [0.1, 0.15) is 11.1 Å². The van der Waals surface area contributed by atoms with Crippen LogP contribution in [0.5, 0.6) is 0 Å². The molecule has 148 valence electrons. The van der Waals surface area contributed by atoms with Crippen LogP contribution in [-0.4, -0.2) is 14.5 Å². The molecular weight excluding hydrogens is 434 g/mol. The summed E-state index contributed by atoms with van der Waals surface area (Å²) in [6.45, 7) is 0.375. The Morgan fingerprint density at radius 2 is 1.80 bits per heavy atom. The van der Waals surface area contributed by atoms with Crippen molar-refractivity contribution in [2.45, 2.75) is 17.5 Å². The Bertz CT molecular complexity index is 1410. The van der Waals surface area contributed by atoms with Gasteiger partial charge in [0.2, 0.25) is 0 Å². The van der Waals surface area contributed by atoms with Gasteiger partial charge in [-0.1, -0.05) is 71.9 Å². The Hall–Kier alpha value is -2.67. The molecule has 30 heavy (non-hydrogen) atoms. The first-order valence-corrected chi connectivity index (χ1v) is 11.6. The van der Waals surface area contributed by atoms with Crippen LogP contribution in [0.15, 0.2) is 82.9 Å². The van der Waals surface area contributed by atoms with Gasteiger partial charge in [0.05, 0.1) is 12.1 Å². The van der Waals surface area contributed by atoms with E-state index >= 15 is 0 Å². The van der Waals surface area contributed by atoms with Gasteiger partial charge in [0.15, 0.2) is 5.16 Å². The molecule has 7 heteroatoms.